The summed E-state index contributed by atoms with van der Waals surface area (Å²) in [4.78, 5) is 8.97. The van der Waals surface area contributed by atoms with Crippen molar-refractivity contribution in [1.29, 1.82) is 0 Å². The van der Waals surface area contributed by atoms with Crippen molar-refractivity contribution >= 4 is 26.6 Å². The van der Waals surface area contributed by atoms with Crippen LogP contribution in [0.5, 0.6) is 0 Å². The molecule has 0 saturated carbocycles. The fourth-order valence-corrected chi connectivity index (χ4v) is 2.30. The molecule has 0 aromatic heterocycles. The van der Waals surface area contributed by atoms with Gasteiger partial charge in [0.1, 0.15) is 0 Å². The molecular formula is C10H17N3OSe. The van der Waals surface area contributed by atoms with Gasteiger partial charge in [-0.05, 0) is 0 Å². The van der Waals surface area contributed by atoms with Crippen LogP contribution in [0.1, 0.15) is 12.8 Å². The Hall–Kier alpha value is -0.381. The van der Waals surface area contributed by atoms with E-state index in [1.807, 2.05) is 6.34 Å². The summed E-state index contributed by atoms with van der Waals surface area (Å²) in [5, 5.41) is 0. The maximum atomic E-state index is 5.28. The first-order valence-electron chi connectivity index (χ1n) is 5.51. The van der Waals surface area contributed by atoms with Crippen molar-refractivity contribution in [3.63, 3.8) is 0 Å². The molecule has 5 heteroatoms. The molecule has 2 aliphatic heterocycles. The molecule has 0 aromatic rings. The molecule has 2 fully saturated rings. The fraction of sp³-hybridized carbons (Fsp3) is 0.800. The SMILES string of the molecule is [Se]=C(N=CN1CCOCC1)N1CCCC1. The van der Waals surface area contributed by atoms with Gasteiger partial charge in [0.15, 0.2) is 0 Å². The average Bonchev–Trinajstić information content (AvgIpc) is 2.81. The van der Waals surface area contributed by atoms with E-state index in [0.29, 0.717) is 0 Å². The van der Waals surface area contributed by atoms with Crippen molar-refractivity contribution in [2.45, 2.75) is 12.8 Å². The van der Waals surface area contributed by atoms with Crippen molar-refractivity contribution in [3.05, 3.63) is 0 Å². The molecule has 2 saturated heterocycles. The molecule has 2 aliphatic rings. The third kappa shape index (κ3) is 3.30. The molecule has 0 N–H and O–H groups in total. The Morgan fingerprint density at radius 3 is 2.47 bits per heavy atom. The third-order valence-electron chi connectivity index (χ3n) is 2.75. The Kier molecular flexibility index (Phi) is 4.18. The zero-order valence-electron chi connectivity index (χ0n) is 8.89. The van der Waals surface area contributed by atoms with Crippen LogP contribution in [-0.2, 0) is 4.74 Å². The molecule has 0 radical (unpaired) electrons. The normalized spacial score (nSPS) is 22.7. The number of ether oxygens (including phenoxy) is 1. The number of likely N-dealkylation sites (tertiary alicyclic amines) is 1. The van der Waals surface area contributed by atoms with Crippen LogP contribution in [-0.4, -0.2) is 75.8 Å². The Bertz CT molecular complexity index is 245. The maximum absolute atomic E-state index is 5.28. The van der Waals surface area contributed by atoms with Gasteiger partial charge in [0, 0.05) is 0 Å². The summed E-state index contributed by atoms with van der Waals surface area (Å²) in [6.45, 7) is 5.83. The minimum absolute atomic E-state index is 0.818. The molecule has 4 nitrogen and oxygen atoms in total. The number of hydrogen-bond acceptors (Lipinski definition) is 3. The van der Waals surface area contributed by atoms with Crippen LogP contribution in [0.25, 0.3) is 0 Å². The number of nitrogens with zero attached hydrogens (tertiary/aromatic N) is 3. The number of hydrogen-bond donors (Lipinski definition) is 0. The summed E-state index contributed by atoms with van der Waals surface area (Å²) in [7, 11) is 0. The number of rotatable bonds is 3. The van der Waals surface area contributed by atoms with Gasteiger partial charge in [-0.1, -0.05) is 0 Å². The number of aliphatic imine (C=N–C) groups is 1. The van der Waals surface area contributed by atoms with Gasteiger partial charge in [-0.15, -0.1) is 0 Å². The molecule has 84 valence electrons. The molecule has 0 aliphatic carbocycles. The van der Waals surface area contributed by atoms with Gasteiger partial charge in [0.25, 0.3) is 0 Å². The van der Waals surface area contributed by atoms with Gasteiger partial charge in [0.2, 0.25) is 0 Å². The van der Waals surface area contributed by atoms with E-state index in [0.717, 1.165) is 44.1 Å². The Labute approximate surface area is 98.6 Å². The molecule has 0 aromatic carbocycles. The second-order valence-electron chi connectivity index (χ2n) is 3.87. The van der Waals surface area contributed by atoms with Gasteiger partial charge in [0.05, 0.1) is 0 Å². The van der Waals surface area contributed by atoms with Crippen molar-refractivity contribution in [2.24, 2.45) is 4.99 Å². The third-order valence-corrected chi connectivity index (χ3v) is 3.52. The number of morpholine rings is 1. The van der Waals surface area contributed by atoms with Crippen LogP contribution in [0.15, 0.2) is 4.99 Å². The summed E-state index contributed by atoms with van der Waals surface area (Å²) < 4.78 is 6.30. The summed E-state index contributed by atoms with van der Waals surface area (Å²) in [6.07, 6.45) is 4.52. The monoisotopic (exact) mass is 275 g/mol. The van der Waals surface area contributed by atoms with Crippen molar-refractivity contribution < 1.29 is 4.74 Å². The van der Waals surface area contributed by atoms with Crippen LogP contribution in [0.2, 0.25) is 0 Å². The first kappa shape index (κ1) is 11.1. The molecular weight excluding hydrogens is 257 g/mol. The van der Waals surface area contributed by atoms with Crippen molar-refractivity contribution in [2.75, 3.05) is 39.4 Å². The average molecular weight is 274 g/mol. The van der Waals surface area contributed by atoms with Crippen LogP contribution >= 0.6 is 0 Å². The van der Waals surface area contributed by atoms with E-state index in [9.17, 15) is 0 Å². The first-order valence-corrected chi connectivity index (χ1v) is 6.37. The van der Waals surface area contributed by atoms with E-state index in [2.05, 4.69) is 30.4 Å². The Morgan fingerprint density at radius 1 is 1.13 bits per heavy atom. The fourth-order valence-electron chi connectivity index (χ4n) is 1.81. The second kappa shape index (κ2) is 5.63. The Morgan fingerprint density at radius 2 is 1.80 bits per heavy atom. The summed E-state index contributed by atoms with van der Waals surface area (Å²) in [6, 6.07) is 0. The summed E-state index contributed by atoms with van der Waals surface area (Å²) >= 11 is 3.05. The van der Waals surface area contributed by atoms with E-state index in [4.69, 9.17) is 4.74 Å². The van der Waals surface area contributed by atoms with Crippen LogP contribution < -0.4 is 0 Å². The molecule has 0 amide bonds. The molecule has 15 heavy (non-hydrogen) atoms. The van der Waals surface area contributed by atoms with Gasteiger partial charge in [-0.2, -0.15) is 0 Å². The van der Waals surface area contributed by atoms with Gasteiger partial charge >= 0.3 is 98.3 Å². The molecule has 2 rings (SSSR count). The molecule has 0 unspecified atom stereocenters. The van der Waals surface area contributed by atoms with E-state index >= 15 is 0 Å². The van der Waals surface area contributed by atoms with E-state index in [1.54, 1.807) is 0 Å². The van der Waals surface area contributed by atoms with E-state index in [1.165, 1.54) is 12.8 Å². The van der Waals surface area contributed by atoms with Crippen molar-refractivity contribution in [3.8, 4) is 0 Å². The van der Waals surface area contributed by atoms with Gasteiger partial charge in [-0.3, -0.25) is 0 Å². The topological polar surface area (TPSA) is 28.1 Å². The molecule has 0 spiro atoms. The van der Waals surface area contributed by atoms with Gasteiger partial charge in [-0.25, -0.2) is 0 Å². The second-order valence-corrected chi connectivity index (χ2v) is 4.64. The molecule has 2 heterocycles. The van der Waals surface area contributed by atoms with Crippen LogP contribution in [0.3, 0.4) is 0 Å². The quantitative estimate of drug-likeness (QED) is 0.402. The summed E-state index contributed by atoms with van der Waals surface area (Å²) in [5.41, 5.74) is 0. The first-order chi connectivity index (χ1) is 7.36. The standard InChI is InChI=1S/C10H17N3OSe/c15-10(13-3-1-2-4-13)11-9-12-5-7-14-8-6-12/h9H,1-8H2. The molecule has 0 bridgehead atoms. The predicted octanol–water partition coefficient (Wildman–Crippen LogP) is -0.301. The van der Waals surface area contributed by atoms with Crippen molar-refractivity contribution in [1.82, 2.24) is 9.80 Å². The zero-order chi connectivity index (χ0) is 10.5. The van der Waals surface area contributed by atoms with Gasteiger partial charge < -0.3 is 0 Å². The van der Waals surface area contributed by atoms with Crippen LogP contribution in [0, 0.1) is 0 Å². The van der Waals surface area contributed by atoms with E-state index < -0.39 is 0 Å². The molecule has 0 atom stereocenters. The Balaban J connectivity index is 1.78. The van der Waals surface area contributed by atoms with Crippen LogP contribution in [0.4, 0.5) is 0 Å². The summed E-state index contributed by atoms with van der Waals surface area (Å²) in [5.74, 6) is 0. The minimum atomic E-state index is 0.818. The predicted molar refractivity (Wildman–Crippen MR) is 62.5 cm³/mol. The zero-order valence-corrected chi connectivity index (χ0v) is 10.6. The van der Waals surface area contributed by atoms with E-state index in [-0.39, 0.29) is 0 Å².